The molecule has 3 rings (SSSR count). The summed E-state index contributed by atoms with van der Waals surface area (Å²) in [6, 6.07) is 3.86. The monoisotopic (exact) mass is 288 g/mol. The molecule has 1 saturated carbocycles. The molecule has 0 saturated heterocycles. The molecular weight excluding hydrogens is 264 g/mol. The Morgan fingerprint density at radius 1 is 1.43 bits per heavy atom. The molecule has 0 bridgehead atoms. The smallest absolute Gasteiger partial charge is 0.0819 e. The Hall–Kier alpha value is -1.75. The van der Waals surface area contributed by atoms with Crippen molar-refractivity contribution < 1.29 is 5.11 Å². The fourth-order valence-corrected chi connectivity index (χ4v) is 3.22. The van der Waals surface area contributed by atoms with Crippen molar-refractivity contribution in [3.8, 4) is 0 Å². The molecule has 2 aromatic rings. The molecule has 1 fully saturated rings. The molecule has 5 N–H and O–H groups in total. The summed E-state index contributed by atoms with van der Waals surface area (Å²) in [5, 5.41) is 21.9. The van der Waals surface area contributed by atoms with Crippen LogP contribution in [0.5, 0.6) is 0 Å². The molecule has 0 atom stereocenters. The molecule has 114 valence electrons. The normalized spacial score (nSPS) is 26.1. The molecule has 1 aliphatic carbocycles. The maximum atomic E-state index is 10.7. The van der Waals surface area contributed by atoms with Crippen LogP contribution in [0.25, 0.3) is 10.9 Å². The van der Waals surface area contributed by atoms with Gasteiger partial charge in [0.2, 0.25) is 0 Å². The predicted octanol–water partition coefficient (Wildman–Crippen LogP) is 2.89. The van der Waals surface area contributed by atoms with Crippen LogP contribution in [0.15, 0.2) is 18.3 Å². The van der Waals surface area contributed by atoms with Crippen molar-refractivity contribution in [2.45, 2.75) is 44.6 Å². The number of fused-ring (bicyclic) bond motifs is 1. The summed E-state index contributed by atoms with van der Waals surface area (Å²) >= 11 is 0. The number of aromatic nitrogens is 2. The van der Waals surface area contributed by atoms with E-state index in [2.05, 4.69) is 22.4 Å². The van der Waals surface area contributed by atoms with Crippen molar-refractivity contribution >= 4 is 22.3 Å². The van der Waals surface area contributed by atoms with Gasteiger partial charge in [-0.3, -0.25) is 5.10 Å². The number of aliphatic hydroxyl groups is 1. The molecule has 1 aliphatic rings. The Kier molecular flexibility index (Phi) is 3.76. The van der Waals surface area contributed by atoms with Crippen molar-refractivity contribution in [2.24, 2.45) is 5.92 Å². The van der Waals surface area contributed by atoms with Crippen LogP contribution in [-0.2, 0) is 0 Å². The minimum atomic E-state index is -0.610. The Bertz CT molecular complexity index is 614. The number of aromatic amines is 1. The molecule has 0 spiro atoms. The lowest BCUT2D eigenvalue weighted by atomic mass is 9.78. The van der Waals surface area contributed by atoms with E-state index in [1.165, 1.54) is 6.42 Å². The first kappa shape index (κ1) is 14.2. The van der Waals surface area contributed by atoms with Crippen molar-refractivity contribution in [3.63, 3.8) is 0 Å². The van der Waals surface area contributed by atoms with E-state index in [9.17, 15) is 5.11 Å². The molecule has 0 amide bonds. The number of nitrogens with one attached hydrogen (secondary N) is 2. The number of hydrogen-bond acceptors (Lipinski definition) is 4. The van der Waals surface area contributed by atoms with E-state index in [0.29, 0.717) is 12.2 Å². The van der Waals surface area contributed by atoms with Crippen LogP contribution < -0.4 is 11.1 Å². The second-order valence-electron chi connectivity index (χ2n) is 6.33. The first-order chi connectivity index (χ1) is 10.1. The number of nitrogen functional groups attached to an aromatic ring is 1. The maximum Gasteiger partial charge on any atom is 0.0819 e. The quantitative estimate of drug-likeness (QED) is 0.652. The van der Waals surface area contributed by atoms with Gasteiger partial charge in [0, 0.05) is 11.9 Å². The highest BCUT2D eigenvalue weighted by atomic mass is 16.3. The molecule has 0 aliphatic heterocycles. The summed E-state index contributed by atoms with van der Waals surface area (Å²) in [5.74, 6) is 0.775. The fourth-order valence-electron chi connectivity index (χ4n) is 3.22. The average molecular weight is 288 g/mol. The lowest BCUT2D eigenvalue weighted by Gasteiger charge is -2.36. The Balaban J connectivity index is 1.67. The number of hydrogen-bond donors (Lipinski definition) is 4. The second-order valence-corrected chi connectivity index (χ2v) is 6.33. The van der Waals surface area contributed by atoms with Crippen molar-refractivity contribution in [1.82, 2.24) is 10.2 Å². The SMILES string of the molecule is CCC1CCC(O)(CNc2cc3[nH]ncc3cc2N)CC1. The number of anilines is 2. The van der Waals surface area contributed by atoms with Crippen LogP contribution >= 0.6 is 0 Å². The van der Waals surface area contributed by atoms with Gasteiger partial charge in [0.1, 0.15) is 0 Å². The van der Waals surface area contributed by atoms with Crippen LogP contribution in [0.2, 0.25) is 0 Å². The van der Waals surface area contributed by atoms with Gasteiger partial charge >= 0.3 is 0 Å². The molecule has 5 heteroatoms. The van der Waals surface area contributed by atoms with Crippen LogP contribution in [0.1, 0.15) is 39.0 Å². The summed E-state index contributed by atoms with van der Waals surface area (Å²) in [6.07, 6.45) is 6.94. The first-order valence-electron chi connectivity index (χ1n) is 7.78. The van der Waals surface area contributed by atoms with Gasteiger partial charge in [-0.05, 0) is 43.7 Å². The number of nitrogens with zero attached hydrogens (tertiary/aromatic N) is 1. The van der Waals surface area contributed by atoms with Crippen LogP contribution in [0, 0.1) is 5.92 Å². The Morgan fingerprint density at radius 2 is 2.19 bits per heavy atom. The highest BCUT2D eigenvalue weighted by Gasteiger charge is 2.32. The van der Waals surface area contributed by atoms with Gasteiger partial charge in [-0.2, -0.15) is 5.10 Å². The Labute approximate surface area is 124 Å². The highest BCUT2D eigenvalue weighted by Crippen LogP contribution is 2.34. The van der Waals surface area contributed by atoms with Crippen LogP contribution in [0.3, 0.4) is 0 Å². The standard InChI is InChI=1S/C16H24N4O/c1-2-11-3-5-16(21,6-4-11)10-18-15-8-14-12(7-13(15)17)9-19-20-14/h7-9,11,18,21H,2-6,10,17H2,1H3,(H,19,20). The number of nitrogens with two attached hydrogens (primary N) is 1. The van der Waals surface area contributed by atoms with Gasteiger partial charge in [-0.25, -0.2) is 0 Å². The van der Waals surface area contributed by atoms with Crippen molar-refractivity contribution in [3.05, 3.63) is 18.3 Å². The van der Waals surface area contributed by atoms with E-state index in [1.54, 1.807) is 6.20 Å². The van der Waals surface area contributed by atoms with Gasteiger partial charge in [-0.1, -0.05) is 13.3 Å². The third-order valence-corrected chi connectivity index (χ3v) is 4.83. The summed E-state index contributed by atoms with van der Waals surface area (Å²) < 4.78 is 0. The molecule has 1 aromatic heterocycles. The van der Waals surface area contributed by atoms with Crippen molar-refractivity contribution in [1.29, 1.82) is 0 Å². The summed E-state index contributed by atoms with van der Waals surface area (Å²) in [5.41, 5.74) is 7.95. The minimum Gasteiger partial charge on any atom is -0.397 e. The Morgan fingerprint density at radius 3 is 2.90 bits per heavy atom. The van der Waals surface area contributed by atoms with Gasteiger partial charge in [0.05, 0.1) is 28.7 Å². The zero-order valence-electron chi connectivity index (χ0n) is 12.5. The van der Waals surface area contributed by atoms with E-state index in [1.807, 2.05) is 12.1 Å². The molecule has 1 heterocycles. The topological polar surface area (TPSA) is 87.0 Å². The van der Waals surface area contributed by atoms with Crippen LogP contribution in [-0.4, -0.2) is 27.4 Å². The zero-order chi connectivity index (χ0) is 14.9. The summed E-state index contributed by atoms with van der Waals surface area (Å²) in [4.78, 5) is 0. The van der Waals surface area contributed by atoms with Gasteiger partial charge < -0.3 is 16.2 Å². The van der Waals surface area contributed by atoms with E-state index in [4.69, 9.17) is 5.73 Å². The molecule has 21 heavy (non-hydrogen) atoms. The van der Waals surface area contributed by atoms with E-state index < -0.39 is 5.60 Å². The minimum absolute atomic E-state index is 0.549. The number of H-pyrrole nitrogens is 1. The van der Waals surface area contributed by atoms with Gasteiger partial charge in [0.25, 0.3) is 0 Å². The predicted molar refractivity (Wildman–Crippen MR) is 86.2 cm³/mol. The van der Waals surface area contributed by atoms with Crippen molar-refractivity contribution in [2.75, 3.05) is 17.6 Å². The lowest BCUT2D eigenvalue weighted by Crippen LogP contribution is -2.40. The highest BCUT2D eigenvalue weighted by molar-refractivity contribution is 5.88. The third kappa shape index (κ3) is 2.97. The first-order valence-corrected chi connectivity index (χ1v) is 7.78. The second kappa shape index (κ2) is 5.56. The lowest BCUT2D eigenvalue weighted by molar-refractivity contribution is 0.00231. The summed E-state index contributed by atoms with van der Waals surface area (Å²) in [6.45, 7) is 2.78. The summed E-state index contributed by atoms with van der Waals surface area (Å²) in [7, 11) is 0. The average Bonchev–Trinajstić information content (AvgIpc) is 2.93. The van der Waals surface area contributed by atoms with Crippen LogP contribution in [0.4, 0.5) is 11.4 Å². The van der Waals surface area contributed by atoms with Gasteiger partial charge in [-0.15, -0.1) is 0 Å². The number of benzene rings is 1. The van der Waals surface area contributed by atoms with E-state index >= 15 is 0 Å². The zero-order valence-corrected chi connectivity index (χ0v) is 12.5. The van der Waals surface area contributed by atoms with E-state index in [0.717, 1.165) is 48.2 Å². The number of rotatable bonds is 4. The molecule has 0 unspecified atom stereocenters. The van der Waals surface area contributed by atoms with E-state index in [-0.39, 0.29) is 0 Å². The third-order valence-electron chi connectivity index (χ3n) is 4.83. The maximum absolute atomic E-state index is 10.7. The largest absolute Gasteiger partial charge is 0.397 e. The molecule has 0 radical (unpaired) electrons. The van der Waals surface area contributed by atoms with Gasteiger partial charge in [0.15, 0.2) is 0 Å². The fraction of sp³-hybridized carbons (Fsp3) is 0.562. The molecule has 5 nitrogen and oxygen atoms in total. The molecular formula is C16H24N4O. The molecule has 1 aromatic carbocycles.